The standard InChI is InChI=1S/C6H16N2O/c1-8(7)5-3-2-4-6-9/h9H,2-7H2,1H3. The Morgan fingerprint density at radius 3 is 2.44 bits per heavy atom. The molecule has 0 amide bonds. The molecular weight excluding hydrogens is 116 g/mol. The van der Waals surface area contributed by atoms with Crippen molar-refractivity contribution in [3.63, 3.8) is 0 Å². The van der Waals surface area contributed by atoms with Crippen molar-refractivity contribution in [2.75, 3.05) is 20.2 Å². The first-order chi connectivity index (χ1) is 4.27. The predicted octanol–water partition coefficient (Wildman–Crippen LogP) is -0.0455. The summed E-state index contributed by atoms with van der Waals surface area (Å²) >= 11 is 0. The third kappa shape index (κ3) is 7.88. The van der Waals surface area contributed by atoms with Gasteiger partial charge in [-0.15, -0.1) is 0 Å². The van der Waals surface area contributed by atoms with Gasteiger partial charge in [0.05, 0.1) is 0 Å². The number of hydrogen-bond acceptors (Lipinski definition) is 3. The fourth-order valence-electron chi connectivity index (χ4n) is 0.650. The monoisotopic (exact) mass is 132 g/mol. The predicted molar refractivity (Wildman–Crippen MR) is 37.8 cm³/mol. The van der Waals surface area contributed by atoms with Crippen LogP contribution >= 0.6 is 0 Å². The Labute approximate surface area is 56.4 Å². The molecule has 0 heterocycles. The van der Waals surface area contributed by atoms with Crippen molar-refractivity contribution in [2.45, 2.75) is 19.3 Å². The van der Waals surface area contributed by atoms with Crippen LogP contribution in [0.5, 0.6) is 0 Å². The third-order valence-corrected chi connectivity index (χ3v) is 1.17. The van der Waals surface area contributed by atoms with E-state index in [1.807, 2.05) is 7.05 Å². The lowest BCUT2D eigenvalue weighted by Crippen LogP contribution is -2.26. The first-order valence-corrected chi connectivity index (χ1v) is 3.34. The smallest absolute Gasteiger partial charge is 0.0431 e. The van der Waals surface area contributed by atoms with Gasteiger partial charge in [0.2, 0.25) is 0 Å². The molecule has 56 valence electrons. The van der Waals surface area contributed by atoms with Gasteiger partial charge in [0.25, 0.3) is 0 Å². The molecule has 9 heavy (non-hydrogen) atoms. The SMILES string of the molecule is CN(N)CCCCCO. The van der Waals surface area contributed by atoms with Crippen LogP contribution in [0.2, 0.25) is 0 Å². The molecule has 3 N–H and O–H groups in total. The summed E-state index contributed by atoms with van der Waals surface area (Å²) in [4.78, 5) is 0. The Morgan fingerprint density at radius 1 is 1.33 bits per heavy atom. The lowest BCUT2D eigenvalue weighted by atomic mass is 10.2. The molecule has 0 aromatic rings. The lowest BCUT2D eigenvalue weighted by Gasteiger charge is -2.07. The molecule has 0 fully saturated rings. The minimum absolute atomic E-state index is 0.300. The second-order valence-corrected chi connectivity index (χ2v) is 2.26. The average molecular weight is 132 g/mol. The molecule has 0 rings (SSSR count). The molecule has 0 spiro atoms. The largest absolute Gasteiger partial charge is 0.396 e. The van der Waals surface area contributed by atoms with Crippen LogP contribution in [0.15, 0.2) is 0 Å². The number of aliphatic hydroxyl groups excluding tert-OH is 1. The quantitative estimate of drug-likeness (QED) is 0.313. The molecule has 0 unspecified atom stereocenters. The fraction of sp³-hybridized carbons (Fsp3) is 1.00. The molecule has 0 aromatic heterocycles. The molecule has 0 aliphatic heterocycles. The van der Waals surface area contributed by atoms with E-state index in [1.165, 1.54) is 0 Å². The van der Waals surface area contributed by atoms with Gasteiger partial charge in [-0.05, 0) is 19.3 Å². The number of nitrogens with zero attached hydrogens (tertiary/aromatic N) is 1. The van der Waals surface area contributed by atoms with E-state index in [0.29, 0.717) is 6.61 Å². The second kappa shape index (κ2) is 6.01. The van der Waals surface area contributed by atoms with Gasteiger partial charge in [-0.2, -0.15) is 0 Å². The first kappa shape index (κ1) is 8.88. The zero-order chi connectivity index (χ0) is 7.11. The Hall–Kier alpha value is -0.120. The topological polar surface area (TPSA) is 49.5 Å². The van der Waals surface area contributed by atoms with E-state index in [0.717, 1.165) is 25.8 Å². The van der Waals surface area contributed by atoms with Crippen LogP contribution in [0.4, 0.5) is 0 Å². The van der Waals surface area contributed by atoms with Crippen molar-refractivity contribution in [1.29, 1.82) is 0 Å². The number of hydrogen-bond donors (Lipinski definition) is 2. The summed E-state index contributed by atoms with van der Waals surface area (Å²) in [6.07, 6.45) is 3.04. The van der Waals surface area contributed by atoms with Crippen LogP contribution in [0.25, 0.3) is 0 Å². The molecule has 0 aliphatic rings. The van der Waals surface area contributed by atoms with Crippen LogP contribution in [0.1, 0.15) is 19.3 Å². The van der Waals surface area contributed by atoms with Crippen molar-refractivity contribution >= 4 is 0 Å². The van der Waals surface area contributed by atoms with E-state index in [9.17, 15) is 0 Å². The van der Waals surface area contributed by atoms with E-state index in [1.54, 1.807) is 5.01 Å². The van der Waals surface area contributed by atoms with Crippen molar-refractivity contribution in [2.24, 2.45) is 5.84 Å². The van der Waals surface area contributed by atoms with Crippen LogP contribution in [-0.2, 0) is 0 Å². The van der Waals surface area contributed by atoms with Crippen LogP contribution in [0, 0.1) is 0 Å². The van der Waals surface area contributed by atoms with Gasteiger partial charge in [0.1, 0.15) is 0 Å². The zero-order valence-electron chi connectivity index (χ0n) is 6.01. The minimum Gasteiger partial charge on any atom is -0.396 e. The maximum absolute atomic E-state index is 8.39. The van der Waals surface area contributed by atoms with Crippen LogP contribution < -0.4 is 5.84 Å². The summed E-state index contributed by atoms with van der Waals surface area (Å²) in [6, 6.07) is 0. The highest BCUT2D eigenvalue weighted by atomic mass is 16.2. The summed E-state index contributed by atoms with van der Waals surface area (Å²) in [7, 11) is 1.85. The van der Waals surface area contributed by atoms with Gasteiger partial charge in [0, 0.05) is 20.2 Å². The van der Waals surface area contributed by atoms with E-state index in [-0.39, 0.29) is 0 Å². The van der Waals surface area contributed by atoms with Crippen molar-refractivity contribution in [3.8, 4) is 0 Å². The number of aliphatic hydroxyl groups is 1. The molecule has 3 nitrogen and oxygen atoms in total. The molecule has 0 saturated heterocycles. The minimum atomic E-state index is 0.300. The molecule has 0 radical (unpaired) electrons. The zero-order valence-corrected chi connectivity index (χ0v) is 6.01. The first-order valence-electron chi connectivity index (χ1n) is 3.34. The summed E-state index contributed by atoms with van der Waals surface area (Å²) < 4.78 is 0. The van der Waals surface area contributed by atoms with E-state index >= 15 is 0 Å². The van der Waals surface area contributed by atoms with Gasteiger partial charge < -0.3 is 5.11 Å². The van der Waals surface area contributed by atoms with Crippen LogP contribution in [0.3, 0.4) is 0 Å². The number of unbranched alkanes of at least 4 members (excludes halogenated alkanes) is 2. The second-order valence-electron chi connectivity index (χ2n) is 2.26. The highest BCUT2D eigenvalue weighted by Gasteiger charge is 1.89. The fourth-order valence-corrected chi connectivity index (χ4v) is 0.650. The molecular formula is C6H16N2O. The van der Waals surface area contributed by atoms with Gasteiger partial charge in [-0.1, -0.05) is 0 Å². The third-order valence-electron chi connectivity index (χ3n) is 1.17. The number of hydrazine groups is 1. The lowest BCUT2D eigenvalue weighted by molar-refractivity contribution is 0.274. The normalized spacial score (nSPS) is 10.7. The van der Waals surface area contributed by atoms with Crippen molar-refractivity contribution < 1.29 is 5.11 Å². The van der Waals surface area contributed by atoms with Gasteiger partial charge >= 0.3 is 0 Å². The number of nitrogens with two attached hydrogens (primary N) is 1. The molecule has 0 aliphatic carbocycles. The van der Waals surface area contributed by atoms with Crippen molar-refractivity contribution in [3.05, 3.63) is 0 Å². The summed E-state index contributed by atoms with van der Waals surface area (Å²) in [5, 5.41) is 10.1. The average Bonchev–Trinajstić information content (AvgIpc) is 1.80. The molecule has 0 saturated carbocycles. The molecule has 0 atom stereocenters. The number of rotatable bonds is 5. The Bertz CT molecular complexity index is 57.0. The maximum Gasteiger partial charge on any atom is 0.0431 e. The van der Waals surface area contributed by atoms with E-state index in [2.05, 4.69) is 0 Å². The van der Waals surface area contributed by atoms with E-state index < -0.39 is 0 Å². The highest BCUT2D eigenvalue weighted by molar-refractivity contribution is 4.42. The molecule has 0 bridgehead atoms. The van der Waals surface area contributed by atoms with E-state index in [4.69, 9.17) is 10.9 Å². The maximum atomic E-state index is 8.39. The molecule has 0 aromatic carbocycles. The molecule has 3 heteroatoms. The van der Waals surface area contributed by atoms with Crippen molar-refractivity contribution in [1.82, 2.24) is 5.01 Å². The summed E-state index contributed by atoms with van der Waals surface area (Å²) in [5.41, 5.74) is 0. The summed E-state index contributed by atoms with van der Waals surface area (Å²) in [5.74, 6) is 5.35. The summed E-state index contributed by atoms with van der Waals surface area (Å²) in [6.45, 7) is 1.22. The van der Waals surface area contributed by atoms with Gasteiger partial charge in [0.15, 0.2) is 0 Å². The Balaban J connectivity index is 2.75. The Kier molecular flexibility index (Phi) is 5.93. The van der Waals surface area contributed by atoms with Gasteiger partial charge in [-0.25, -0.2) is 0 Å². The van der Waals surface area contributed by atoms with Crippen LogP contribution in [-0.4, -0.2) is 30.3 Å². The highest BCUT2D eigenvalue weighted by Crippen LogP contribution is 1.93. The Morgan fingerprint density at radius 2 is 2.00 bits per heavy atom. The van der Waals surface area contributed by atoms with Gasteiger partial charge in [-0.3, -0.25) is 10.9 Å².